The molecule has 0 aromatic heterocycles. The fourth-order valence-corrected chi connectivity index (χ4v) is 3.67. The number of hydrogen-bond donors (Lipinski definition) is 1. The highest BCUT2D eigenvalue weighted by Crippen LogP contribution is 2.41. The van der Waals surface area contributed by atoms with Crippen LogP contribution in [-0.4, -0.2) is 35.8 Å². The maximum absolute atomic E-state index is 9.95. The van der Waals surface area contributed by atoms with Gasteiger partial charge in [-0.25, -0.2) is 0 Å². The lowest BCUT2D eigenvalue weighted by Gasteiger charge is -2.42. The number of phenols is 1. The molecule has 2 unspecified atom stereocenters. The SMILES string of the molecule is COC1(C)CCCN(C2CCc3c(O)cccc32)C1. The summed E-state index contributed by atoms with van der Waals surface area (Å²) in [7, 11) is 1.82. The fourth-order valence-electron chi connectivity index (χ4n) is 3.67. The van der Waals surface area contributed by atoms with Crippen LogP contribution in [0, 0.1) is 0 Å². The lowest BCUT2D eigenvalue weighted by molar-refractivity contribution is -0.0615. The molecule has 0 spiro atoms. The van der Waals surface area contributed by atoms with Crippen molar-refractivity contribution in [2.45, 2.75) is 44.2 Å². The van der Waals surface area contributed by atoms with E-state index in [0.717, 1.165) is 37.9 Å². The number of phenolic OH excluding ortho intramolecular Hbond substituents is 1. The number of likely N-dealkylation sites (tertiary alicyclic amines) is 1. The third kappa shape index (κ3) is 2.26. The van der Waals surface area contributed by atoms with Gasteiger partial charge in [-0.2, -0.15) is 0 Å². The van der Waals surface area contributed by atoms with Crippen LogP contribution in [0.5, 0.6) is 5.75 Å². The van der Waals surface area contributed by atoms with E-state index in [9.17, 15) is 5.11 Å². The van der Waals surface area contributed by atoms with Crippen LogP contribution in [0.1, 0.15) is 43.4 Å². The minimum atomic E-state index is -0.0160. The molecule has 1 saturated heterocycles. The summed E-state index contributed by atoms with van der Waals surface area (Å²) in [5.74, 6) is 0.464. The van der Waals surface area contributed by atoms with Gasteiger partial charge in [0.2, 0.25) is 0 Å². The Labute approximate surface area is 115 Å². The Bertz CT molecular complexity index is 474. The van der Waals surface area contributed by atoms with E-state index in [0.29, 0.717) is 11.8 Å². The Hall–Kier alpha value is -1.06. The van der Waals surface area contributed by atoms with E-state index in [1.54, 1.807) is 6.07 Å². The van der Waals surface area contributed by atoms with Crippen LogP contribution in [0.2, 0.25) is 0 Å². The number of hydrogen-bond acceptors (Lipinski definition) is 3. The quantitative estimate of drug-likeness (QED) is 0.888. The molecular weight excluding hydrogens is 238 g/mol. The minimum Gasteiger partial charge on any atom is -0.508 e. The predicted molar refractivity (Wildman–Crippen MR) is 75.4 cm³/mol. The van der Waals surface area contributed by atoms with Crippen LogP contribution in [0.3, 0.4) is 0 Å². The summed E-state index contributed by atoms with van der Waals surface area (Å²) in [6.45, 7) is 4.33. The van der Waals surface area contributed by atoms with Gasteiger partial charge in [0.05, 0.1) is 5.60 Å². The molecule has 1 fully saturated rings. The normalized spacial score (nSPS) is 31.4. The second-order valence-corrected chi connectivity index (χ2v) is 6.13. The van der Waals surface area contributed by atoms with Gasteiger partial charge in [-0.05, 0) is 56.3 Å². The first-order valence-electron chi connectivity index (χ1n) is 7.23. The molecule has 3 nitrogen and oxygen atoms in total. The van der Waals surface area contributed by atoms with E-state index in [2.05, 4.69) is 17.9 Å². The van der Waals surface area contributed by atoms with Gasteiger partial charge in [-0.15, -0.1) is 0 Å². The fraction of sp³-hybridized carbons (Fsp3) is 0.625. The molecule has 3 heteroatoms. The molecule has 104 valence electrons. The molecule has 0 saturated carbocycles. The van der Waals surface area contributed by atoms with E-state index < -0.39 is 0 Å². The molecule has 19 heavy (non-hydrogen) atoms. The van der Waals surface area contributed by atoms with Gasteiger partial charge in [0.25, 0.3) is 0 Å². The molecule has 1 heterocycles. The molecular formula is C16H23NO2. The van der Waals surface area contributed by atoms with Crippen LogP contribution >= 0.6 is 0 Å². The summed E-state index contributed by atoms with van der Waals surface area (Å²) in [4.78, 5) is 2.54. The third-order valence-electron chi connectivity index (χ3n) is 4.84. The monoisotopic (exact) mass is 261 g/mol. The van der Waals surface area contributed by atoms with Gasteiger partial charge in [0, 0.05) is 19.7 Å². The average molecular weight is 261 g/mol. The summed E-state index contributed by atoms with van der Waals surface area (Å²) in [6, 6.07) is 6.39. The van der Waals surface area contributed by atoms with Crippen molar-refractivity contribution in [1.29, 1.82) is 0 Å². The average Bonchev–Trinajstić information content (AvgIpc) is 2.84. The second kappa shape index (κ2) is 4.80. The number of aromatic hydroxyl groups is 1. The number of piperidine rings is 1. The maximum atomic E-state index is 9.95. The van der Waals surface area contributed by atoms with Gasteiger partial charge in [0.1, 0.15) is 5.75 Å². The van der Waals surface area contributed by atoms with Crippen molar-refractivity contribution in [1.82, 2.24) is 4.90 Å². The molecule has 0 radical (unpaired) electrons. The first kappa shape index (κ1) is 12.9. The zero-order valence-electron chi connectivity index (χ0n) is 11.9. The number of ether oxygens (including phenoxy) is 1. The summed E-state index contributed by atoms with van der Waals surface area (Å²) >= 11 is 0. The van der Waals surface area contributed by atoms with Crippen LogP contribution < -0.4 is 0 Å². The van der Waals surface area contributed by atoms with Gasteiger partial charge in [-0.1, -0.05) is 12.1 Å². The van der Waals surface area contributed by atoms with Crippen molar-refractivity contribution >= 4 is 0 Å². The molecule has 1 aromatic carbocycles. The topological polar surface area (TPSA) is 32.7 Å². The maximum Gasteiger partial charge on any atom is 0.119 e. The first-order valence-corrected chi connectivity index (χ1v) is 7.23. The van der Waals surface area contributed by atoms with E-state index in [-0.39, 0.29) is 5.60 Å². The van der Waals surface area contributed by atoms with Gasteiger partial charge in [-0.3, -0.25) is 4.90 Å². The molecule has 1 N–H and O–H groups in total. The van der Waals surface area contributed by atoms with Crippen LogP contribution in [0.4, 0.5) is 0 Å². The highest BCUT2D eigenvalue weighted by atomic mass is 16.5. The Morgan fingerprint density at radius 1 is 1.42 bits per heavy atom. The molecule has 1 aromatic rings. The van der Waals surface area contributed by atoms with Gasteiger partial charge < -0.3 is 9.84 Å². The van der Waals surface area contributed by atoms with Crippen molar-refractivity contribution in [2.75, 3.05) is 20.2 Å². The van der Waals surface area contributed by atoms with Crippen LogP contribution in [0.25, 0.3) is 0 Å². The highest BCUT2D eigenvalue weighted by Gasteiger charge is 2.37. The number of nitrogens with zero attached hydrogens (tertiary/aromatic N) is 1. The lowest BCUT2D eigenvalue weighted by Crippen LogP contribution is -2.48. The number of rotatable bonds is 2. The zero-order valence-corrected chi connectivity index (χ0v) is 11.9. The molecule has 3 rings (SSSR count). The lowest BCUT2D eigenvalue weighted by atomic mass is 9.92. The van der Waals surface area contributed by atoms with E-state index in [1.807, 2.05) is 13.2 Å². The Morgan fingerprint density at radius 3 is 3.05 bits per heavy atom. The molecule has 2 atom stereocenters. The third-order valence-corrected chi connectivity index (χ3v) is 4.84. The Kier molecular flexibility index (Phi) is 3.27. The molecule has 1 aliphatic carbocycles. The predicted octanol–water partition coefficient (Wildman–Crippen LogP) is 2.88. The van der Waals surface area contributed by atoms with E-state index in [4.69, 9.17) is 4.74 Å². The van der Waals surface area contributed by atoms with Crippen molar-refractivity contribution in [3.8, 4) is 5.75 Å². The Balaban J connectivity index is 1.84. The number of fused-ring (bicyclic) bond motifs is 1. The van der Waals surface area contributed by atoms with Crippen molar-refractivity contribution in [2.24, 2.45) is 0 Å². The van der Waals surface area contributed by atoms with E-state index in [1.165, 1.54) is 12.0 Å². The van der Waals surface area contributed by atoms with Crippen molar-refractivity contribution in [3.05, 3.63) is 29.3 Å². The standard InChI is InChI=1S/C16H23NO2/c1-16(19-2)9-4-10-17(11-16)14-8-7-13-12(14)5-3-6-15(13)18/h3,5-6,14,18H,4,7-11H2,1-2H3. The summed E-state index contributed by atoms with van der Waals surface area (Å²) in [6.07, 6.45) is 4.44. The molecule has 2 aliphatic rings. The van der Waals surface area contributed by atoms with Crippen molar-refractivity contribution in [3.63, 3.8) is 0 Å². The molecule has 0 amide bonds. The van der Waals surface area contributed by atoms with Gasteiger partial charge in [0.15, 0.2) is 0 Å². The van der Waals surface area contributed by atoms with Crippen LogP contribution in [-0.2, 0) is 11.2 Å². The van der Waals surface area contributed by atoms with Gasteiger partial charge >= 0.3 is 0 Å². The zero-order chi connectivity index (χ0) is 13.5. The summed E-state index contributed by atoms with van der Waals surface area (Å²) < 4.78 is 5.69. The summed E-state index contributed by atoms with van der Waals surface area (Å²) in [5, 5.41) is 9.95. The largest absolute Gasteiger partial charge is 0.508 e. The smallest absolute Gasteiger partial charge is 0.119 e. The molecule has 1 aliphatic heterocycles. The summed E-state index contributed by atoms with van der Waals surface area (Å²) in [5.41, 5.74) is 2.45. The highest BCUT2D eigenvalue weighted by molar-refractivity contribution is 5.44. The minimum absolute atomic E-state index is 0.0160. The number of methoxy groups -OCH3 is 1. The van der Waals surface area contributed by atoms with E-state index >= 15 is 0 Å². The molecule has 0 bridgehead atoms. The Morgan fingerprint density at radius 2 is 2.26 bits per heavy atom. The first-order chi connectivity index (χ1) is 9.13. The van der Waals surface area contributed by atoms with Crippen molar-refractivity contribution < 1.29 is 9.84 Å². The number of benzene rings is 1. The second-order valence-electron chi connectivity index (χ2n) is 6.13. The van der Waals surface area contributed by atoms with Crippen LogP contribution in [0.15, 0.2) is 18.2 Å².